The van der Waals surface area contributed by atoms with E-state index in [0.29, 0.717) is 25.9 Å². The Labute approximate surface area is 131 Å². The van der Waals surface area contributed by atoms with Crippen LogP contribution >= 0.6 is 0 Å². The summed E-state index contributed by atoms with van der Waals surface area (Å²) in [5.41, 5.74) is 4.29. The van der Waals surface area contributed by atoms with E-state index < -0.39 is 30.2 Å². The standard InChI is InChI=1S/C15H17F3N2O3/c16-15(17,18)11-3-1-2-4-12(11)23-9-13(21)20-7-5-10(6-8-20)14(19)22/h1-4,10H,5-9H2,(H2,19,22). The number of alkyl halides is 3. The van der Waals surface area contributed by atoms with Crippen LogP contribution in [0, 0.1) is 5.92 Å². The quantitative estimate of drug-likeness (QED) is 0.915. The molecule has 0 aromatic heterocycles. The van der Waals surface area contributed by atoms with Gasteiger partial charge in [-0.2, -0.15) is 13.2 Å². The molecular formula is C15H17F3N2O3. The highest BCUT2D eigenvalue weighted by Gasteiger charge is 2.34. The number of likely N-dealkylation sites (tertiary alicyclic amines) is 1. The van der Waals surface area contributed by atoms with Crippen LogP contribution in [0.3, 0.4) is 0 Å². The number of carbonyl (C=O) groups is 2. The van der Waals surface area contributed by atoms with E-state index >= 15 is 0 Å². The molecule has 1 fully saturated rings. The zero-order valence-electron chi connectivity index (χ0n) is 12.3. The number of halogens is 3. The van der Waals surface area contributed by atoms with Crippen molar-refractivity contribution < 1.29 is 27.5 Å². The van der Waals surface area contributed by atoms with Crippen LogP contribution < -0.4 is 10.5 Å². The number of ether oxygens (including phenoxy) is 1. The molecule has 1 saturated heterocycles. The van der Waals surface area contributed by atoms with Gasteiger partial charge in [0.15, 0.2) is 6.61 Å². The molecule has 8 heteroatoms. The molecule has 126 valence electrons. The van der Waals surface area contributed by atoms with Gasteiger partial charge < -0.3 is 15.4 Å². The van der Waals surface area contributed by atoms with Gasteiger partial charge in [0.25, 0.3) is 5.91 Å². The third-order valence-electron chi connectivity index (χ3n) is 3.79. The summed E-state index contributed by atoms with van der Waals surface area (Å²) < 4.78 is 43.5. The number of hydrogen-bond donors (Lipinski definition) is 1. The Morgan fingerprint density at radius 1 is 1.22 bits per heavy atom. The van der Waals surface area contributed by atoms with Crippen molar-refractivity contribution in [2.75, 3.05) is 19.7 Å². The summed E-state index contributed by atoms with van der Waals surface area (Å²) >= 11 is 0. The second-order valence-electron chi connectivity index (χ2n) is 5.34. The highest BCUT2D eigenvalue weighted by atomic mass is 19.4. The van der Waals surface area contributed by atoms with Gasteiger partial charge in [0, 0.05) is 19.0 Å². The molecule has 0 spiro atoms. The molecule has 0 bridgehead atoms. The lowest BCUT2D eigenvalue weighted by Gasteiger charge is -2.30. The highest BCUT2D eigenvalue weighted by Crippen LogP contribution is 2.35. The molecule has 2 amide bonds. The Morgan fingerprint density at radius 3 is 2.39 bits per heavy atom. The number of nitrogens with two attached hydrogens (primary N) is 1. The second-order valence-corrected chi connectivity index (χ2v) is 5.34. The average Bonchev–Trinajstić information content (AvgIpc) is 2.52. The molecule has 0 unspecified atom stereocenters. The van der Waals surface area contributed by atoms with Crippen molar-refractivity contribution in [3.8, 4) is 5.75 Å². The summed E-state index contributed by atoms with van der Waals surface area (Å²) in [6.07, 6.45) is -3.63. The number of amides is 2. The van der Waals surface area contributed by atoms with Crippen molar-refractivity contribution in [1.82, 2.24) is 4.90 Å². The van der Waals surface area contributed by atoms with Crippen LogP contribution in [0.1, 0.15) is 18.4 Å². The number of carbonyl (C=O) groups excluding carboxylic acids is 2. The molecule has 0 aliphatic carbocycles. The lowest BCUT2D eigenvalue weighted by Crippen LogP contribution is -2.43. The molecule has 5 nitrogen and oxygen atoms in total. The number of piperidine rings is 1. The molecular weight excluding hydrogens is 313 g/mol. The molecule has 2 rings (SSSR count). The largest absolute Gasteiger partial charge is 0.483 e. The van der Waals surface area contributed by atoms with Gasteiger partial charge in [0.2, 0.25) is 5.91 Å². The third-order valence-corrected chi connectivity index (χ3v) is 3.79. The zero-order valence-corrected chi connectivity index (χ0v) is 12.3. The fraction of sp³-hybridized carbons (Fsp3) is 0.467. The SMILES string of the molecule is NC(=O)C1CCN(C(=O)COc2ccccc2C(F)(F)F)CC1. The molecule has 1 aromatic rings. The minimum atomic E-state index is -4.54. The van der Waals surface area contributed by atoms with E-state index in [1.807, 2.05) is 0 Å². The van der Waals surface area contributed by atoms with Crippen molar-refractivity contribution in [2.45, 2.75) is 19.0 Å². The van der Waals surface area contributed by atoms with Gasteiger partial charge in [-0.3, -0.25) is 9.59 Å². The first-order valence-electron chi connectivity index (χ1n) is 7.15. The molecule has 2 N–H and O–H groups in total. The molecule has 1 heterocycles. The molecule has 0 atom stereocenters. The number of benzene rings is 1. The number of nitrogens with zero attached hydrogens (tertiary/aromatic N) is 1. The molecule has 1 aliphatic heterocycles. The number of rotatable bonds is 4. The van der Waals surface area contributed by atoms with E-state index in [2.05, 4.69) is 0 Å². The van der Waals surface area contributed by atoms with Crippen LogP contribution in [0.4, 0.5) is 13.2 Å². The van der Waals surface area contributed by atoms with Crippen molar-refractivity contribution in [3.63, 3.8) is 0 Å². The Kier molecular flexibility index (Phi) is 5.12. The van der Waals surface area contributed by atoms with Crippen LogP contribution in [0.25, 0.3) is 0 Å². The smallest absolute Gasteiger partial charge is 0.419 e. The number of primary amides is 1. The fourth-order valence-corrected chi connectivity index (χ4v) is 2.47. The maximum absolute atomic E-state index is 12.8. The van der Waals surface area contributed by atoms with Gasteiger partial charge in [-0.15, -0.1) is 0 Å². The third kappa shape index (κ3) is 4.37. The van der Waals surface area contributed by atoms with Crippen molar-refractivity contribution in [1.29, 1.82) is 0 Å². The number of hydrogen-bond acceptors (Lipinski definition) is 3. The monoisotopic (exact) mass is 330 g/mol. The molecule has 1 aromatic carbocycles. The first kappa shape index (κ1) is 17.1. The molecule has 1 aliphatic rings. The lowest BCUT2D eigenvalue weighted by atomic mass is 9.96. The number of para-hydroxylation sites is 1. The predicted molar refractivity (Wildman–Crippen MR) is 75.4 cm³/mol. The van der Waals surface area contributed by atoms with Crippen LogP contribution in [-0.2, 0) is 15.8 Å². The Bertz CT molecular complexity index is 582. The molecule has 23 heavy (non-hydrogen) atoms. The lowest BCUT2D eigenvalue weighted by molar-refractivity contribution is -0.141. The summed E-state index contributed by atoms with van der Waals surface area (Å²) in [5.74, 6) is -1.44. The highest BCUT2D eigenvalue weighted by molar-refractivity contribution is 5.79. The van der Waals surface area contributed by atoms with Crippen molar-refractivity contribution >= 4 is 11.8 Å². The minimum absolute atomic E-state index is 0.258. The average molecular weight is 330 g/mol. The fourth-order valence-electron chi connectivity index (χ4n) is 2.47. The normalized spacial score (nSPS) is 16.2. The Balaban J connectivity index is 1.92. The van der Waals surface area contributed by atoms with Gasteiger partial charge in [0.1, 0.15) is 5.75 Å². The van der Waals surface area contributed by atoms with E-state index in [0.717, 1.165) is 6.07 Å². The first-order valence-corrected chi connectivity index (χ1v) is 7.15. The summed E-state index contributed by atoms with van der Waals surface area (Å²) in [4.78, 5) is 24.5. The van der Waals surface area contributed by atoms with Gasteiger partial charge in [0.05, 0.1) is 5.56 Å². The maximum atomic E-state index is 12.8. The first-order chi connectivity index (χ1) is 10.8. The molecule has 0 saturated carbocycles. The van der Waals surface area contributed by atoms with E-state index in [4.69, 9.17) is 10.5 Å². The second kappa shape index (κ2) is 6.89. The summed E-state index contributed by atoms with van der Waals surface area (Å²) in [6, 6.07) is 4.74. The van der Waals surface area contributed by atoms with E-state index in [1.54, 1.807) is 0 Å². The zero-order chi connectivity index (χ0) is 17.0. The molecule has 0 radical (unpaired) electrons. The Hall–Kier alpha value is -2.25. The van der Waals surface area contributed by atoms with Crippen LogP contribution in [-0.4, -0.2) is 36.4 Å². The Morgan fingerprint density at radius 2 is 1.83 bits per heavy atom. The van der Waals surface area contributed by atoms with E-state index in [-0.39, 0.29) is 11.7 Å². The summed E-state index contributed by atoms with van der Waals surface area (Å²) in [5, 5.41) is 0. The minimum Gasteiger partial charge on any atom is -0.483 e. The van der Waals surface area contributed by atoms with Gasteiger partial charge >= 0.3 is 6.18 Å². The topological polar surface area (TPSA) is 72.6 Å². The maximum Gasteiger partial charge on any atom is 0.419 e. The summed E-state index contributed by atoms with van der Waals surface area (Å²) in [6.45, 7) is 0.210. The predicted octanol–water partition coefficient (Wildman–Crippen LogP) is 1.81. The van der Waals surface area contributed by atoms with Crippen molar-refractivity contribution in [2.24, 2.45) is 11.7 Å². The van der Waals surface area contributed by atoms with Crippen LogP contribution in [0.5, 0.6) is 5.75 Å². The van der Waals surface area contributed by atoms with E-state index in [1.165, 1.54) is 23.1 Å². The van der Waals surface area contributed by atoms with Gasteiger partial charge in [-0.1, -0.05) is 12.1 Å². The summed E-state index contributed by atoms with van der Waals surface area (Å²) in [7, 11) is 0. The van der Waals surface area contributed by atoms with Crippen LogP contribution in [0.15, 0.2) is 24.3 Å². The van der Waals surface area contributed by atoms with Gasteiger partial charge in [-0.25, -0.2) is 0 Å². The van der Waals surface area contributed by atoms with E-state index in [9.17, 15) is 22.8 Å². The van der Waals surface area contributed by atoms with Crippen LogP contribution in [0.2, 0.25) is 0 Å². The van der Waals surface area contributed by atoms with Crippen molar-refractivity contribution in [3.05, 3.63) is 29.8 Å². The van der Waals surface area contributed by atoms with Gasteiger partial charge in [-0.05, 0) is 25.0 Å².